The van der Waals surface area contributed by atoms with Crippen molar-refractivity contribution in [2.24, 2.45) is 0 Å². The van der Waals surface area contributed by atoms with E-state index in [-0.39, 0.29) is 6.04 Å². The maximum Gasteiger partial charge on any atom is 0.223 e. The zero-order valence-electron chi connectivity index (χ0n) is 9.52. The van der Waals surface area contributed by atoms with Crippen LogP contribution in [0.25, 0.3) is 0 Å². The lowest BCUT2D eigenvalue weighted by Gasteiger charge is -2.07. The van der Waals surface area contributed by atoms with Gasteiger partial charge >= 0.3 is 0 Å². The predicted octanol–water partition coefficient (Wildman–Crippen LogP) is 1.53. The molecule has 1 atom stereocenters. The van der Waals surface area contributed by atoms with Crippen molar-refractivity contribution in [3.8, 4) is 0 Å². The van der Waals surface area contributed by atoms with Crippen molar-refractivity contribution in [3.63, 3.8) is 0 Å². The Morgan fingerprint density at radius 1 is 1.44 bits per heavy atom. The van der Waals surface area contributed by atoms with E-state index in [1.807, 2.05) is 13.8 Å². The largest absolute Gasteiger partial charge is 0.444 e. The van der Waals surface area contributed by atoms with Gasteiger partial charge in [-0.2, -0.15) is 4.98 Å². The molecule has 0 bridgehead atoms. The molecule has 0 aliphatic rings. The lowest BCUT2D eigenvalue weighted by molar-refractivity contribution is 0.375. The van der Waals surface area contributed by atoms with Gasteiger partial charge in [-0.1, -0.05) is 5.16 Å². The average Bonchev–Trinajstić information content (AvgIpc) is 2.84. The van der Waals surface area contributed by atoms with E-state index >= 15 is 0 Å². The summed E-state index contributed by atoms with van der Waals surface area (Å²) in [6.45, 7) is 6.13. The molecular weight excluding hydrogens is 208 g/mol. The molecule has 0 spiro atoms. The van der Waals surface area contributed by atoms with Gasteiger partial charge in [-0.3, -0.25) is 5.32 Å². The van der Waals surface area contributed by atoms with Crippen LogP contribution in [0.4, 0.5) is 0 Å². The molecule has 6 nitrogen and oxygen atoms in total. The maximum atomic E-state index is 5.40. The van der Waals surface area contributed by atoms with Crippen molar-refractivity contribution in [1.82, 2.24) is 20.4 Å². The van der Waals surface area contributed by atoms with Crippen LogP contribution in [0.1, 0.15) is 36.3 Å². The van der Waals surface area contributed by atoms with Crippen LogP contribution >= 0.6 is 0 Å². The SMILES string of the molecule is Cc1cnc(C(C)NCc2noc(C)n2)o1. The summed E-state index contributed by atoms with van der Waals surface area (Å²) in [6, 6.07) is 0.0208. The fourth-order valence-electron chi connectivity index (χ4n) is 1.32. The predicted molar refractivity (Wildman–Crippen MR) is 55.5 cm³/mol. The molecule has 0 amide bonds. The number of hydrogen-bond acceptors (Lipinski definition) is 6. The molecule has 0 aliphatic heterocycles. The van der Waals surface area contributed by atoms with Crippen LogP contribution in [0, 0.1) is 13.8 Å². The monoisotopic (exact) mass is 222 g/mol. The minimum absolute atomic E-state index is 0.0208. The summed E-state index contributed by atoms with van der Waals surface area (Å²) in [4.78, 5) is 8.23. The Morgan fingerprint density at radius 3 is 2.81 bits per heavy atom. The number of aromatic nitrogens is 3. The maximum absolute atomic E-state index is 5.40. The van der Waals surface area contributed by atoms with Crippen LogP contribution in [0.5, 0.6) is 0 Å². The topological polar surface area (TPSA) is 77.0 Å². The highest BCUT2D eigenvalue weighted by atomic mass is 16.5. The van der Waals surface area contributed by atoms with E-state index in [2.05, 4.69) is 20.4 Å². The molecule has 86 valence electrons. The lowest BCUT2D eigenvalue weighted by Crippen LogP contribution is -2.19. The van der Waals surface area contributed by atoms with Gasteiger partial charge < -0.3 is 8.94 Å². The second kappa shape index (κ2) is 4.44. The van der Waals surface area contributed by atoms with Crippen molar-refractivity contribution < 1.29 is 8.94 Å². The lowest BCUT2D eigenvalue weighted by atomic mass is 10.3. The second-order valence-electron chi connectivity index (χ2n) is 3.64. The van der Waals surface area contributed by atoms with Gasteiger partial charge in [0, 0.05) is 6.92 Å². The van der Waals surface area contributed by atoms with Gasteiger partial charge in [0.1, 0.15) is 5.76 Å². The third-order valence-corrected chi connectivity index (χ3v) is 2.15. The number of nitrogens with one attached hydrogen (secondary N) is 1. The molecule has 16 heavy (non-hydrogen) atoms. The van der Waals surface area contributed by atoms with Crippen molar-refractivity contribution in [3.05, 3.63) is 29.6 Å². The fraction of sp³-hybridized carbons (Fsp3) is 0.500. The standard InChI is InChI=1S/C10H14N4O2/c1-6-4-12-10(15-6)7(2)11-5-9-13-8(3)16-14-9/h4,7,11H,5H2,1-3H3. The van der Waals surface area contributed by atoms with Gasteiger partial charge in [-0.25, -0.2) is 4.98 Å². The molecule has 0 radical (unpaired) electrons. The van der Waals surface area contributed by atoms with Crippen LogP contribution in [-0.2, 0) is 6.54 Å². The second-order valence-corrected chi connectivity index (χ2v) is 3.64. The first-order valence-electron chi connectivity index (χ1n) is 5.10. The molecule has 0 saturated heterocycles. The van der Waals surface area contributed by atoms with E-state index in [1.165, 1.54) is 0 Å². The third kappa shape index (κ3) is 2.46. The zero-order chi connectivity index (χ0) is 11.5. The van der Waals surface area contributed by atoms with E-state index in [4.69, 9.17) is 8.94 Å². The molecule has 2 heterocycles. The van der Waals surface area contributed by atoms with E-state index in [9.17, 15) is 0 Å². The summed E-state index contributed by atoms with van der Waals surface area (Å²) in [7, 11) is 0. The van der Waals surface area contributed by atoms with Crippen molar-refractivity contribution in [2.45, 2.75) is 33.4 Å². The Balaban J connectivity index is 1.91. The normalized spacial score (nSPS) is 12.9. The zero-order valence-corrected chi connectivity index (χ0v) is 9.52. The molecule has 6 heteroatoms. The van der Waals surface area contributed by atoms with Crippen molar-refractivity contribution in [1.29, 1.82) is 0 Å². The molecule has 2 rings (SSSR count). The third-order valence-electron chi connectivity index (χ3n) is 2.15. The highest BCUT2D eigenvalue weighted by Crippen LogP contribution is 2.12. The molecule has 0 fully saturated rings. The Morgan fingerprint density at radius 2 is 2.25 bits per heavy atom. The Labute approximate surface area is 93.1 Å². The first-order chi connectivity index (χ1) is 7.65. The summed E-state index contributed by atoms with van der Waals surface area (Å²) in [5, 5.41) is 6.99. The minimum Gasteiger partial charge on any atom is -0.444 e. The van der Waals surface area contributed by atoms with Crippen molar-refractivity contribution in [2.75, 3.05) is 0 Å². The summed E-state index contributed by atoms with van der Waals surface area (Å²) in [6.07, 6.45) is 1.70. The Hall–Kier alpha value is -1.69. The van der Waals surface area contributed by atoms with Gasteiger partial charge in [0.25, 0.3) is 0 Å². The van der Waals surface area contributed by atoms with Gasteiger partial charge in [-0.05, 0) is 13.8 Å². The van der Waals surface area contributed by atoms with Gasteiger partial charge in [-0.15, -0.1) is 0 Å². The van der Waals surface area contributed by atoms with Gasteiger partial charge in [0.15, 0.2) is 5.82 Å². The van der Waals surface area contributed by atoms with E-state index in [0.29, 0.717) is 24.2 Å². The molecule has 0 aliphatic carbocycles. The van der Waals surface area contributed by atoms with Crippen LogP contribution in [-0.4, -0.2) is 15.1 Å². The van der Waals surface area contributed by atoms with E-state index in [1.54, 1.807) is 13.1 Å². The summed E-state index contributed by atoms with van der Waals surface area (Å²) < 4.78 is 10.3. The quantitative estimate of drug-likeness (QED) is 0.845. The van der Waals surface area contributed by atoms with Crippen LogP contribution < -0.4 is 5.32 Å². The van der Waals surface area contributed by atoms with Crippen LogP contribution in [0.2, 0.25) is 0 Å². The van der Waals surface area contributed by atoms with Gasteiger partial charge in [0.2, 0.25) is 11.8 Å². The highest BCUT2D eigenvalue weighted by Gasteiger charge is 2.11. The summed E-state index contributed by atoms with van der Waals surface area (Å²) in [5.74, 6) is 2.67. The molecule has 0 aromatic carbocycles. The smallest absolute Gasteiger partial charge is 0.223 e. The van der Waals surface area contributed by atoms with Crippen LogP contribution in [0.3, 0.4) is 0 Å². The molecule has 0 saturated carbocycles. The molecule has 2 aromatic heterocycles. The Kier molecular flexibility index (Phi) is 3.00. The Bertz CT molecular complexity index is 463. The minimum atomic E-state index is 0.0208. The number of oxazole rings is 1. The molecule has 2 aromatic rings. The summed E-state index contributed by atoms with van der Waals surface area (Å²) in [5.41, 5.74) is 0. The number of hydrogen-bond donors (Lipinski definition) is 1. The summed E-state index contributed by atoms with van der Waals surface area (Å²) >= 11 is 0. The number of aryl methyl sites for hydroxylation is 2. The first kappa shape index (κ1) is 10.8. The first-order valence-corrected chi connectivity index (χ1v) is 5.10. The van der Waals surface area contributed by atoms with Crippen molar-refractivity contribution >= 4 is 0 Å². The molecule has 1 unspecified atom stereocenters. The van der Waals surface area contributed by atoms with E-state index in [0.717, 1.165) is 5.76 Å². The van der Waals surface area contributed by atoms with Crippen LogP contribution in [0.15, 0.2) is 15.1 Å². The van der Waals surface area contributed by atoms with E-state index < -0.39 is 0 Å². The van der Waals surface area contributed by atoms with Gasteiger partial charge in [0.05, 0.1) is 18.8 Å². The average molecular weight is 222 g/mol. The molecular formula is C10H14N4O2. The fourth-order valence-corrected chi connectivity index (χ4v) is 1.32. The molecule has 1 N–H and O–H groups in total. The number of nitrogens with zero attached hydrogens (tertiary/aromatic N) is 3. The number of rotatable bonds is 4. The highest BCUT2D eigenvalue weighted by molar-refractivity contribution is 4.95.